The second-order valence-electron chi connectivity index (χ2n) is 5.88. The first kappa shape index (κ1) is 16.2. The number of benzene rings is 3. The molecule has 4 aromatic rings. The number of oxazole rings is 1. The molecule has 1 heterocycles. The summed E-state index contributed by atoms with van der Waals surface area (Å²) in [6.07, 6.45) is 1.92. The molecule has 0 aliphatic carbocycles. The maximum Gasteiger partial charge on any atom is 0.204 e. The van der Waals surface area contributed by atoms with E-state index in [-0.39, 0.29) is 0 Å². The molecule has 4 rings (SSSR count). The number of nitrogens with zero attached hydrogens (tertiary/aromatic N) is 1. The fourth-order valence-corrected chi connectivity index (χ4v) is 2.85. The van der Waals surface area contributed by atoms with Gasteiger partial charge in [0.1, 0.15) is 11.4 Å². The van der Waals surface area contributed by atoms with Crippen LogP contribution < -0.4 is 4.74 Å². The summed E-state index contributed by atoms with van der Waals surface area (Å²) in [5, 5.41) is 0. The van der Waals surface area contributed by atoms with Crippen molar-refractivity contribution in [1.82, 2.24) is 4.98 Å². The quantitative estimate of drug-likeness (QED) is 0.473. The van der Waals surface area contributed by atoms with Crippen molar-refractivity contribution in [1.29, 1.82) is 0 Å². The van der Waals surface area contributed by atoms with Gasteiger partial charge in [-0.25, -0.2) is 4.98 Å². The summed E-state index contributed by atoms with van der Waals surface area (Å²) in [7, 11) is 1.66. The van der Waals surface area contributed by atoms with Gasteiger partial charge in [0.05, 0.1) is 13.5 Å². The highest BCUT2D eigenvalue weighted by atomic mass is 16.5. The normalized spacial score (nSPS) is 10.7. The van der Waals surface area contributed by atoms with E-state index in [9.17, 15) is 0 Å². The second-order valence-corrected chi connectivity index (χ2v) is 5.88. The summed E-state index contributed by atoms with van der Waals surface area (Å²) < 4.78 is 11.4. The zero-order valence-corrected chi connectivity index (χ0v) is 14.4. The van der Waals surface area contributed by atoms with E-state index in [2.05, 4.69) is 0 Å². The van der Waals surface area contributed by atoms with E-state index >= 15 is 0 Å². The van der Waals surface area contributed by atoms with Crippen LogP contribution in [0.4, 0.5) is 0 Å². The van der Waals surface area contributed by atoms with Crippen molar-refractivity contribution in [3.05, 3.63) is 103 Å². The number of hydrogen-bond acceptors (Lipinski definition) is 3. The topological polar surface area (TPSA) is 35.3 Å². The van der Waals surface area contributed by atoms with Crippen LogP contribution in [0.25, 0.3) is 22.6 Å². The molecule has 0 amide bonds. The lowest BCUT2D eigenvalue weighted by molar-refractivity contribution is 0.414. The van der Waals surface area contributed by atoms with Gasteiger partial charge in [-0.15, -0.1) is 0 Å². The summed E-state index contributed by atoms with van der Waals surface area (Å²) in [5.74, 6) is 2.14. The summed E-state index contributed by atoms with van der Waals surface area (Å²) in [6, 6.07) is 27.9. The highest BCUT2D eigenvalue weighted by Gasteiger charge is 2.17. The molecule has 0 unspecified atom stereocenters. The third-order valence-electron chi connectivity index (χ3n) is 4.11. The van der Waals surface area contributed by atoms with Gasteiger partial charge in [-0.05, 0) is 17.7 Å². The minimum Gasteiger partial charge on any atom is -0.497 e. The van der Waals surface area contributed by atoms with Crippen molar-refractivity contribution < 1.29 is 9.15 Å². The van der Waals surface area contributed by atoms with Gasteiger partial charge in [-0.1, -0.05) is 72.8 Å². The predicted molar refractivity (Wildman–Crippen MR) is 103 cm³/mol. The molecule has 0 saturated heterocycles. The van der Waals surface area contributed by atoms with Crippen molar-refractivity contribution in [2.24, 2.45) is 0 Å². The summed E-state index contributed by atoms with van der Waals surface area (Å²) in [4.78, 5) is 4.74. The summed E-state index contributed by atoms with van der Waals surface area (Å²) in [5.41, 5.74) is 3.85. The molecule has 0 saturated carbocycles. The lowest BCUT2D eigenvalue weighted by Gasteiger charge is -2.01. The average Bonchev–Trinajstić information content (AvgIpc) is 3.13. The SMILES string of the molecule is COc1cccc([CH]c2nc(-c3ccccc3)c(-c3ccccc3)o2)c1. The Morgan fingerprint density at radius 3 is 2.19 bits per heavy atom. The lowest BCUT2D eigenvalue weighted by atomic mass is 10.1. The van der Waals surface area contributed by atoms with Crippen molar-refractivity contribution in [3.63, 3.8) is 0 Å². The van der Waals surface area contributed by atoms with Crippen LogP contribution in [0.3, 0.4) is 0 Å². The van der Waals surface area contributed by atoms with Crippen LogP contribution in [0.15, 0.2) is 89.3 Å². The standard InChI is InChI=1S/C23H18NO2/c1-25-20-14-8-9-17(15-20)16-21-24-22(18-10-4-2-5-11-18)23(26-21)19-12-6-3-7-13-19/h2-16H,1H3. The molecule has 0 aliphatic heterocycles. The Labute approximate surface area is 152 Å². The van der Waals surface area contributed by atoms with Gasteiger partial charge in [-0.2, -0.15) is 0 Å². The van der Waals surface area contributed by atoms with Gasteiger partial charge in [0, 0.05) is 11.1 Å². The molecule has 0 atom stereocenters. The van der Waals surface area contributed by atoms with E-state index in [4.69, 9.17) is 14.1 Å². The molecule has 3 nitrogen and oxygen atoms in total. The number of rotatable bonds is 5. The maximum atomic E-state index is 6.13. The van der Waals surface area contributed by atoms with Crippen LogP contribution >= 0.6 is 0 Å². The van der Waals surface area contributed by atoms with Crippen molar-refractivity contribution >= 4 is 0 Å². The lowest BCUT2D eigenvalue weighted by Crippen LogP contribution is -1.88. The Bertz CT molecular complexity index is 934. The monoisotopic (exact) mass is 340 g/mol. The van der Waals surface area contributed by atoms with E-state index in [1.165, 1.54) is 0 Å². The Hall–Kier alpha value is -3.33. The molecule has 0 fully saturated rings. The molecule has 0 N–H and O–H groups in total. The van der Waals surface area contributed by atoms with Crippen LogP contribution in [0.2, 0.25) is 0 Å². The number of aromatic nitrogens is 1. The fraction of sp³-hybridized carbons (Fsp3) is 0.0435. The Morgan fingerprint density at radius 2 is 1.50 bits per heavy atom. The van der Waals surface area contributed by atoms with E-state index in [0.717, 1.165) is 33.9 Å². The van der Waals surface area contributed by atoms with Gasteiger partial charge in [-0.3, -0.25) is 0 Å². The predicted octanol–water partition coefficient (Wildman–Crippen LogP) is 5.62. The van der Waals surface area contributed by atoms with E-state index in [1.807, 2.05) is 91.3 Å². The molecule has 0 aliphatic rings. The van der Waals surface area contributed by atoms with Crippen LogP contribution in [0.5, 0.6) is 5.75 Å². The molecule has 1 aromatic heterocycles. The molecule has 0 spiro atoms. The van der Waals surface area contributed by atoms with Gasteiger partial charge in [0.2, 0.25) is 5.89 Å². The molecule has 1 radical (unpaired) electrons. The molecule has 3 aromatic carbocycles. The second kappa shape index (κ2) is 7.28. The first-order chi connectivity index (χ1) is 12.8. The summed E-state index contributed by atoms with van der Waals surface area (Å²) in [6.45, 7) is 0. The van der Waals surface area contributed by atoms with E-state index in [0.29, 0.717) is 5.89 Å². The number of methoxy groups -OCH3 is 1. The van der Waals surface area contributed by atoms with Gasteiger partial charge < -0.3 is 9.15 Å². The van der Waals surface area contributed by atoms with Crippen molar-refractivity contribution in [2.45, 2.75) is 0 Å². The zero-order valence-electron chi connectivity index (χ0n) is 14.4. The van der Waals surface area contributed by atoms with Crippen molar-refractivity contribution in [2.75, 3.05) is 7.11 Å². The maximum absolute atomic E-state index is 6.13. The Kier molecular flexibility index (Phi) is 4.52. The highest BCUT2D eigenvalue weighted by molar-refractivity contribution is 5.77. The van der Waals surface area contributed by atoms with Gasteiger partial charge >= 0.3 is 0 Å². The van der Waals surface area contributed by atoms with E-state index in [1.54, 1.807) is 7.11 Å². The average molecular weight is 340 g/mol. The molecular formula is C23H18NO2. The minimum absolute atomic E-state index is 0.566. The van der Waals surface area contributed by atoms with Gasteiger partial charge in [0.15, 0.2) is 5.76 Å². The third-order valence-corrected chi connectivity index (χ3v) is 4.11. The fourth-order valence-electron chi connectivity index (χ4n) is 2.85. The number of hydrogen-bond donors (Lipinski definition) is 0. The van der Waals surface area contributed by atoms with Crippen LogP contribution in [-0.4, -0.2) is 12.1 Å². The smallest absolute Gasteiger partial charge is 0.204 e. The van der Waals surface area contributed by atoms with Crippen molar-refractivity contribution in [3.8, 4) is 28.3 Å². The highest BCUT2D eigenvalue weighted by Crippen LogP contribution is 2.33. The first-order valence-electron chi connectivity index (χ1n) is 8.44. The Morgan fingerprint density at radius 1 is 0.808 bits per heavy atom. The third kappa shape index (κ3) is 3.38. The summed E-state index contributed by atoms with van der Waals surface area (Å²) >= 11 is 0. The minimum atomic E-state index is 0.566. The molecular weight excluding hydrogens is 322 g/mol. The van der Waals surface area contributed by atoms with Gasteiger partial charge in [0.25, 0.3) is 0 Å². The van der Waals surface area contributed by atoms with Crippen LogP contribution in [-0.2, 0) is 0 Å². The molecule has 127 valence electrons. The Balaban J connectivity index is 1.76. The first-order valence-corrected chi connectivity index (χ1v) is 8.44. The largest absolute Gasteiger partial charge is 0.497 e. The molecule has 0 bridgehead atoms. The van der Waals surface area contributed by atoms with Crippen LogP contribution in [0, 0.1) is 6.42 Å². The number of ether oxygens (including phenoxy) is 1. The zero-order chi connectivity index (χ0) is 17.8. The molecule has 26 heavy (non-hydrogen) atoms. The molecule has 3 heteroatoms. The van der Waals surface area contributed by atoms with E-state index < -0.39 is 0 Å². The van der Waals surface area contributed by atoms with Crippen LogP contribution in [0.1, 0.15) is 11.5 Å².